The fraction of sp³-hybridized carbons (Fsp3) is 0.125. The number of hydrogen-bond donors (Lipinski definition) is 1. The van der Waals surface area contributed by atoms with Crippen molar-refractivity contribution < 1.29 is 9.72 Å². The van der Waals surface area contributed by atoms with Crippen molar-refractivity contribution >= 4 is 50.2 Å². The quantitative estimate of drug-likeness (QED) is 0.459. The van der Waals surface area contributed by atoms with Crippen LogP contribution in [0.3, 0.4) is 0 Å². The minimum absolute atomic E-state index is 0.134. The Hall–Kier alpha value is -2.10. The van der Waals surface area contributed by atoms with E-state index in [0.29, 0.717) is 11.0 Å². The van der Waals surface area contributed by atoms with E-state index in [1.807, 2.05) is 24.4 Å². The zero-order chi connectivity index (χ0) is 18.0. The molecule has 2 heterocycles. The van der Waals surface area contributed by atoms with Crippen molar-refractivity contribution in [2.24, 2.45) is 0 Å². The lowest BCUT2D eigenvalue weighted by Crippen LogP contribution is -2.22. The number of carbonyl (C=O) groups excluding carboxylic acids is 1. The summed E-state index contributed by atoms with van der Waals surface area (Å²) in [5, 5.41) is 16.8. The third-order valence-corrected chi connectivity index (χ3v) is 5.91. The van der Waals surface area contributed by atoms with E-state index in [2.05, 4.69) is 26.2 Å². The summed E-state index contributed by atoms with van der Waals surface area (Å²) in [5.74, 6) is -0.352. The normalized spacial score (nSPS) is 10.6. The predicted octanol–water partition coefficient (Wildman–Crippen LogP) is 4.78. The van der Waals surface area contributed by atoms with Crippen LogP contribution in [-0.2, 0) is 6.54 Å². The number of nitrogens with zero attached hydrogens (tertiary/aromatic N) is 2. The molecule has 0 spiro atoms. The van der Waals surface area contributed by atoms with Crippen LogP contribution in [0.5, 0.6) is 0 Å². The molecule has 0 aliphatic carbocycles. The third kappa shape index (κ3) is 4.12. The van der Waals surface area contributed by atoms with Gasteiger partial charge >= 0.3 is 0 Å². The second-order valence-corrected chi connectivity index (χ2v) is 8.21. The maximum atomic E-state index is 12.2. The summed E-state index contributed by atoms with van der Waals surface area (Å²) in [6, 6.07) is 8.23. The largest absolute Gasteiger partial charge is 0.347 e. The first-order valence-electron chi connectivity index (χ1n) is 7.17. The van der Waals surface area contributed by atoms with E-state index in [1.165, 1.54) is 12.1 Å². The lowest BCUT2D eigenvalue weighted by Gasteiger charge is -2.04. The van der Waals surface area contributed by atoms with Crippen molar-refractivity contribution in [3.63, 3.8) is 0 Å². The highest BCUT2D eigenvalue weighted by Gasteiger charge is 2.16. The van der Waals surface area contributed by atoms with E-state index >= 15 is 0 Å². The Morgan fingerprint density at radius 3 is 2.84 bits per heavy atom. The summed E-state index contributed by atoms with van der Waals surface area (Å²) < 4.78 is 0.343. The van der Waals surface area contributed by atoms with Crippen LogP contribution in [0.4, 0.5) is 5.69 Å². The topological polar surface area (TPSA) is 85.1 Å². The highest BCUT2D eigenvalue weighted by Crippen LogP contribution is 2.29. The van der Waals surface area contributed by atoms with Crippen LogP contribution in [-0.4, -0.2) is 15.8 Å². The number of rotatable bonds is 5. The monoisotopic (exact) mass is 437 g/mol. The summed E-state index contributed by atoms with van der Waals surface area (Å²) >= 11 is 6.26. The van der Waals surface area contributed by atoms with E-state index in [4.69, 9.17) is 0 Å². The van der Waals surface area contributed by atoms with Gasteiger partial charge in [0.15, 0.2) is 0 Å². The maximum Gasteiger partial charge on any atom is 0.284 e. The minimum atomic E-state index is -0.526. The van der Waals surface area contributed by atoms with E-state index in [9.17, 15) is 14.9 Å². The molecule has 6 nitrogen and oxygen atoms in total. The van der Waals surface area contributed by atoms with Crippen molar-refractivity contribution in [1.82, 2.24) is 10.3 Å². The Labute approximate surface area is 159 Å². The van der Waals surface area contributed by atoms with E-state index in [-0.39, 0.29) is 17.2 Å². The molecule has 25 heavy (non-hydrogen) atoms. The molecule has 0 unspecified atom stereocenters. The van der Waals surface area contributed by atoms with E-state index < -0.39 is 4.92 Å². The van der Waals surface area contributed by atoms with Crippen molar-refractivity contribution in [2.75, 3.05) is 0 Å². The molecule has 9 heteroatoms. The molecule has 0 fully saturated rings. The number of benzene rings is 1. The lowest BCUT2D eigenvalue weighted by atomic mass is 10.2. The van der Waals surface area contributed by atoms with Gasteiger partial charge in [-0.1, -0.05) is 0 Å². The van der Waals surface area contributed by atoms with Gasteiger partial charge in [-0.2, -0.15) is 0 Å². The molecule has 1 aromatic carbocycles. The van der Waals surface area contributed by atoms with E-state index in [1.54, 1.807) is 28.7 Å². The zero-order valence-corrected chi connectivity index (χ0v) is 16.2. The fourth-order valence-corrected chi connectivity index (χ4v) is 4.14. The number of nitrogens with one attached hydrogen (secondary N) is 1. The van der Waals surface area contributed by atoms with Crippen molar-refractivity contribution in [1.29, 1.82) is 0 Å². The van der Waals surface area contributed by atoms with Crippen molar-refractivity contribution in [2.45, 2.75) is 13.5 Å². The van der Waals surface area contributed by atoms with Gasteiger partial charge in [-0.15, -0.1) is 22.7 Å². The van der Waals surface area contributed by atoms with Gasteiger partial charge in [0.1, 0.15) is 0 Å². The van der Waals surface area contributed by atoms with E-state index in [0.717, 1.165) is 20.5 Å². The Balaban J connectivity index is 1.68. The first-order valence-corrected chi connectivity index (χ1v) is 9.66. The molecule has 0 saturated heterocycles. The van der Waals surface area contributed by atoms with Crippen LogP contribution < -0.4 is 5.32 Å². The average molecular weight is 438 g/mol. The van der Waals surface area contributed by atoms with Crippen LogP contribution in [0, 0.1) is 17.0 Å². The number of nitro groups is 1. The number of nitro benzene ring substituents is 1. The summed E-state index contributed by atoms with van der Waals surface area (Å²) in [5.41, 5.74) is 1.06. The lowest BCUT2D eigenvalue weighted by molar-refractivity contribution is -0.385. The van der Waals surface area contributed by atoms with Crippen LogP contribution in [0.25, 0.3) is 10.6 Å². The van der Waals surface area contributed by atoms with Gasteiger partial charge in [-0.25, -0.2) is 4.98 Å². The molecule has 2 aromatic heterocycles. The summed E-state index contributed by atoms with van der Waals surface area (Å²) in [4.78, 5) is 29.1. The van der Waals surface area contributed by atoms with Crippen molar-refractivity contribution in [3.8, 4) is 10.6 Å². The molecule has 1 amide bonds. The molecule has 128 valence electrons. The van der Waals surface area contributed by atoms with Gasteiger partial charge < -0.3 is 5.32 Å². The smallest absolute Gasteiger partial charge is 0.284 e. The Bertz CT molecular complexity index is 952. The standard InChI is InChI=1S/C16H12BrN3O3S2/c1-9-19-13(8-24-9)15-5-3-11(25-15)7-18-16(21)10-2-4-12(17)14(6-10)20(22)23/h2-6,8H,7H2,1H3,(H,18,21). The molecule has 1 N–H and O–H groups in total. The number of aryl methyl sites for hydroxylation is 1. The second kappa shape index (κ2) is 7.42. The summed E-state index contributed by atoms with van der Waals surface area (Å²) in [6.07, 6.45) is 0. The Morgan fingerprint density at radius 2 is 2.16 bits per heavy atom. The molecule has 3 rings (SSSR count). The van der Waals surface area contributed by atoms with Gasteiger partial charge in [0.2, 0.25) is 0 Å². The van der Waals surface area contributed by atoms with Gasteiger partial charge in [0.25, 0.3) is 11.6 Å². The summed E-state index contributed by atoms with van der Waals surface area (Å²) in [6.45, 7) is 2.32. The molecule has 0 bridgehead atoms. The molecule has 0 atom stereocenters. The first kappa shape index (κ1) is 17.7. The number of carbonyl (C=O) groups is 1. The number of thiophene rings is 1. The highest BCUT2D eigenvalue weighted by molar-refractivity contribution is 9.10. The molecule has 3 aromatic rings. The molecule has 0 radical (unpaired) electrons. The molecule has 0 saturated carbocycles. The second-order valence-electron chi connectivity index (χ2n) is 5.12. The zero-order valence-electron chi connectivity index (χ0n) is 13.0. The first-order chi connectivity index (χ1) is 11.9. The number of amides is 1. The number of thiazole rings is 1. The van der Waals surface area contributed by atoms with Gasteiger partial charge in [0, 0.05) is 21.9 Å². The third-order valence-electron chi connectivity index (χ3n) is 3.36. The average Bonchev–Trinajstić information content (AvgIpc) is 3.21. The molecular weight excluding hydrogens is 426 g/mol. The number of hydrogen-bond acceptors (Lipinski definition) is 6. The molecule has 0 aliphatic rings. The van der Waals surface area contributed by atoms with Gasteiger partial charge in [0.05, 0.1) is 31.5 Å². The minimum Gasteiger partial charge on any atom is -0.347 e. The number of halogens is 1. The van der Waals surface area contributed by atoms with Crippen LogP contribution in [0.15, 0.2) is 40.2 Å². The Kier molecular flexibility index (Phi) is 5.26. The Morgan fingerprint density at radius 1 is 1.36 bits per heavy atom. The number of aromatic nitrogens is 1. The fourth-order valence-electron chi connectivity index (χ4n) is 2.15. The maximum absolute atomic E-state index is 12.2. The summed E-state index contributed by atoms with van der Waals surface area (Å²) in [7, 11) is 0. The molecular formula is C16H12BrN3O3S2. The van der Waals surface area contributed by atoms with Crippen LogP contribution in [0.1, 0.15) is 20.2 Å². The van der Waals surface area contributed by atoms with Gasteiger partial charge in [-0.05, 0) is 47.1 Å². The van der Waals surface area contributed by atoms with Gasteiger partial charge in [-0.3, -0.25) is 14.9 Å². The predicted molar refractivity (Wildman–Crippen MR) is 102 cm³/mol. The van der Waals surface area contributed by atoms with Crippen LogP contribution in [0.2, 0.25) is 0 Å². The highest BCUT2D eigenvalue weighted by atomic mass is 79.9. The van der Waals surface area contributed by atoms with Crippen LogP contribution >= 0.6 is 38.6 Å². The molecule has 0 aliphatic heterocycles. The van der Waals surface area contributed by atoms with Crippen molar-refractivity contribution in [3.05, 3.63) is 65.7 Å². The SMILES string of the molecule is Cc1nc(-c2ccc(CNC(=O)c3ccc(Br)c([N+](=O)[O-])c3)s2)cs1.